The van der Waals surface area contributed by atoms with Crippen molar-refractivity contribution in [1.82, 2.24) is 14.5 Å². The molecular weight excluding hydrogens is 691 g/mol. The maximum atomic E-state index is 6.25. The van der Waals surface area contributed by atoms with Gasteiger partial charge >= 0.3 is 0 Å². The summed E-state index contributed by atoms with van der Waals surface area (Å²) in [6.07, 6.45) is 0. The zero-order valence-corrected chi connectivity index (χ0v) is 30.1. The highest BCUT2D eigenvalue weighted by Crippen LogP contribution is 2.45. The topological polar surface area (TPSA) is 43.9 Å². The Labute approximate surface area is 317 Å². The second-order valence-corrected chi connectivity index (χ2v) is 15.5. The van der Waals surface area contributed by atoms with E-state index in [2.05, 4.69) is 156 Å². The lowest BCUT2D eigenvalue weighted by molar-refractivity contribution is 0.669. The largest absolute Gasteiger partial charge is 0.456 e. The van der Waals surface area contributed by atoms with Gasteiger partial charge in [0.2, 0.25) is 5.95 Å². The predicted molar refractivity (Wildman–Crippen MR) is 232 cm³/mol. The fourth-order valence-corrected chi connectivity index (χ4v) is 10.3. The number of benzene rings is 9. The summed E-state index contributed by atoms with van der Waals surface area (Å²) in [6.45, 7) is 0. The average Bonchev–Trinajstić information content (AvgIpc) is 3.91. The van der Waals surface area contributed by atoms with E-state index in [9.17, 15) is 0 Å². The number of fused-ring (bicyclic) bond motifs is 17. The molecule has 0 aliphatic rings. The van der Waals surface area contributed by atoms with Crippen molar-refractivity contribution in [1.29, 1.82) is 0 Å². The van der Waals surface area contributed by atoms with Crippen molar-refractivity contribution in [2.24, 2.45) is 0 Å². The smallest absolute Gasteiger partial charge is 0.235 e. The first-order valence-corrected chi connectivity index (χ1v) is 19.4. The summed E-state index contributed by atoms with van der Waals surface area (Å²) >= 11 is 1.76. The van der Waals surface area contributed by atoms with E-state index in [1.54, 1.807) is 11.3 Å². The van der Waals surface area contributed by atoms with Gasteiger partial charge in [-0.1, -0.05) is 115 Å². The van der Waals surface area contributed by atoms with E-state index >= 15 is 0 Å². The summed E-state index contributed by atoms with van der Waals surface area (Å²) in [5, 5.41) is 15.6. The minimum atomic E-state index is 0.655. The van der Waals surface area contributed by atoms with E-state index in [1.807, 2.05) is 12.1 Å². The molecule has 0 aliphatic heterocycles. The van der Waals surface area contributed by atoms with Gasteiger partial charge in [0.25, 0.3) is 0 Å². The molecule has 0 unspecified atom stereocenters. The predicted octanol–water partition coefficient (Wildman–Crippen LogP) is 14.1. The molecule has 0 aliphatic carbocycles. The number of hydrogen-bond donors (Lipinski definition) is 0. The standard InChI is InChI=1S/C50H27N3OS/c1-2-12-29-27-41-39(25-28(29)11-1)46-40(23-22-36-33-15-4-3-13-31(33)32-14-5-6-17-35(32)45(36)46)53(41)50-51-47(49-48(52-50)37-18-8-10-20-44(37)55-49)30-21-24-43-38(26-30)34-16-7-9-19-42(34)54-43/h1-27H. The lowest BCUT2D eigenvalue weighted by Crippen LogP contribution is -2.02. The molecule has 0 spiro atoms. The molecule has 13 aromatic rings. The fourth-order valence-electron chi connectivity index (χ4n) is 9.15. The first kappa shape index (κ1) is 29.4. The summed E-state index contributed by atoms with van der Waals surface area (Å²) in [6, 6.07) is 58.9. The van der Waals surface area contributed by atoms with E-state index in [-0.39, 0.29) is 0 Å². The van der Waals surface area contributed by atoms with Gasteiger partial charge in [0, 0.05) is 42.6 Å². The molecule has 0 bridgehead atoms. The summed E-state index contributed by atoms with van der Waals surface area (Å²) in [4.78, 5) is 11.1. The summed E-state index contributed by atoms with van der Waals surface area (Å²) < 4.78 is 10.8. The van der Waals surface area contributed by atoms with Gasteiger partial charge in [-0.3, -0.25) is 4.57 Å². The number of thiophene rings is 1. The Bertz CT molecular complexity index is 3760. The van der Waals surface area contributed by atoms with Gasteiger partial charge in [0.05, 0.1) is 26.9 Å². The molecule has 0 amide bonds. The number of aromatic nitrogens is 3. The Morgan fingerprint density at radius 3 is 1.89 bits per heavy atom. The van der Waals surface area contributed by atoms with Crippen molar-refractivity contribution in [3.63, 3.8) is 0 Å². The quantitative estimate of drug-likeness (QED) is 0.167. The summed E-state index contributed by atoms with van der Waals surface area (Å²) in [5.41, 5.74) is 6.84. The van der Waals surface area contributed by atoms with Gasteiger partial charge in [-0.05, 0) is 86.2 Å². The molecule has 4 aromatic heterocycles. The molecular formula is C50H27N3OS. The Balaban J connectivity index is 1.21. The highest BCUT2D eigenvalue weighted by atomic mass is 32.1. The van der Waals surface area contributed by atoms with Crippen LogP contribution in [0.4, 0.5) is 0 Å². The number of rotatable bonds is 2. The van der Waals surface area contributed by atoms with Crippen LogP contribution in [0, 0.1) is 0 Å². The maximum Gasteiger partial charge on any atom is 0.235 e. The van der Waals surface area contributed by atoms with Gasteiger partial charge < -0.3 is 4.42 Å². The lowest BCUT2D eigenvalue weighted by Gasteiger charge is -2.13. The Morgan fingerprint density at radius 1 is 0.436 bits per heavy atom. The van der Waals surface area contributed by atoms with Crippen LogP contribution in [-0.2, 0) is 0 Å². The molecule has 0 fully saturated rings. The summed E-state index contributed by atoms with van der Waals surface area (Å²) in [5.74, 6) is 0.655. The molecule has 254 valence electrons. The van der Waals surface area contributed by atoms with Crippen LogP contribution in [0.5, 0.6) is 0 Å². The minimum Gasteiger partial charge on any atom is -0.456 e. The molecule has 0 saturated carbocycles. The molecule has 5 heteroatoms. The number of hydrogen-bond acceptors (Lipinski definition) is 4. The number of furan rings is 1. The fraction of sp³-hybridized carbons (Fsp3) is 0. The Kier molecular flexibility index (Phi) is 5.74. The second kappa shape index (κ2) is 10.8. The van der Waals surface area contributed by atoms with Crippen LogP contribution in [0.3, 0.4) is 0 Å². The molecule has 55 heavy (non-hydrogen) atoms. The number of nitrogens with zero attached hydrogens (tertiary/aromatic N) is 3. The first-order valence-electron chi connectivity index (χ1n) is 18.6. The van der Waals surface area contributed by atoms with Crippen molar-refractivity contribution in [3.8, 4) is 17.2 Å². The second-order valence-electron chi connectivity index (χ2n) is 14.5. The van der Waals surface area contributed by atoms with Crippen molar-refractivity contribution < 1.29 is 4.42 Å². The average molecular weight is 718 g/mol. The third-order valence-electron chi connectivity index (χ3n) is 11.6. The molecule has 0 N–H and O–H groups in total. The van der Waals surface area contributed by atoms with Crippen molar-refractivity contribution >= 4 is 118 Å². The van der Waals surface area contributed by atoms with Crippen LogP contribution in [-0.4, -0.2) is 14.5 Å². The number of para-hydroxylation sites is 1. The van der Waals surface area contributed by atoms with Crippen molar-refractivity contribution in [3.05, 3.63) is 164 Å². The zero-order chi connectivity index (χ0) is 35.8. The van der Waals surface area contributed by atoms with Crippen LogP contribution >= 0.6 is 11.3 Å². The normalized spacial score (nSPS) is 12.4. The van der Waals surface area contributed by atoms with E-state index in [1.165, 1.54) is 58.6 Å². The van der Waals surface area contributed by atoms with Gasteiger partial charge in [-0.15, -0.1) is 11.3 Å². The Morgan fingerprint density at radius 2 is 1.07 bits per heavy atom. The summed E-state index contributed by atoms with van der Waals surface area (Å²) in [7, 11) is 0. The molecule has 4 nitrogen and oxygen atoms in total. The van der Waals surface area contributed by atoms with Gasteiger partial charge in [-0.2, -0.15) is 0 Å². The third kappa shape index (κ3) is 4.00. The maximum absolute atomic E-state index is 6.25. The first-order chi connectivity index (χ1) is 27.3. The molecule has 9 aromatic carbocycles. The molecule has 4 heterocycles. The SMILES string of the molecule is c1ccc2cc3c(cc2c1)c1c2c4ccccc4c4ccccc4c2ccc1n3-c1nc(-c2ccc3oc4ccccc4c3c2)c2sc3ccccc3c2n1. The van der Waals surface area contributed by atoms with Crippen molar-refractivity contribution in [2.75, 3.05) is 0 Å². The van der Waals surface area contributed by atoms with E-state index in [4.69, 9.17) is 14.4 Å². The van der Waals surface area contributed by atoms with Crippen LogP contribution in [0.2, 0.25) is 0 Å². The molecule has 0 saturated heterocycles. The monoisotopic (exact) mass is 717 g/mol. The highest BCUT2D eigenvalue weighted by molar-refractivity contribution is 7.26. The lowest BCUT2D eigenvalue weighted by atomic mass is 9.91. The minimum absolute atomic E-state index is 0.655. The third-order valence-corrected chi connectivity index (χ3v) is 12.7. The zero-order valence-electron chi connectivity index (χ0n) is 29.2. The van der Waals surface area contributed by atoms with E-state index in [0.717, 1.165) is 59.8 Å². The van der Waals surface area contributed by atoms with Crippen molar-refractivity contribution in [2.45, 2.75) is 0 Å². The van der Waals surface area contributed by atoms with E-state index < -0.39 is 0 Å². The van der Waals surface area contributed by atoms with Gasteiger partial charge in [0.15, 0.2) is 0 Å². The Hall–Kier alpha value is -7.08. The van der Waals surface area contributed by atoms with Gasteiger partial charge in [0.1, 0.15) is 11.2 Å². The molecule has 0 atom stereocenters. The molecule has 13 rings (SSSR count). The van der Waals surface area contributed by atoms with Crippen LogP contribution in [0.1, 0.15) is 0 Å². The van der Waals surface area contributed by atoms with Gasteiger partial charge in [-0.25, -0.2) is 9.97 Å². The highest BCUT2D eigenvalue weighted by Gasteiger charge is 2.23. The molecule has 0 radical (unpaired) electrons. The van der Waals surface area contributed by atoms with Crippen LogP contribution in [0.15, 0.2) is 168 Å². The van der Waals surface area contributed by atoms with E-state index in [0.29, 0.717) is 5.95 Å². The van der Waals surface area contributed by atoms with Crippen LogP contribution < -0.4 is 0 Å². The van der Waals surface area contributed by atoms with Crippen LogP contribution in [0.25, 0.3) is 124 Å².